The number of aromatic hydroxyl groups is 1. The monoisotopic (exact) mass is 501 g/mol. The molecule has 0 aromatic heterocycles. The molecule has 0 heterocycles. The molecule has 0 radical (unpaired) electrons. The molecule has 3 amide bonds. The summed E-state index contributed by atoms with van der Waals surface area (Å²) in [6.07, 6.45) is -1.62. The minimum absolute atomic E-state index is 0.102. The van der Waals surface area contributed by atoms with Crippen LogP contribution in [0.2, 0.25) is 0 Å². The third kappa shape index (κ3) is 3.43. The van der Waals surface area contributed by atoms with Crippen LogP contribution in [-0.2, 0) is 19.2 Å². The van der Waals surface area contributed by atoms with Gasteiger partial charge in [0.15, 0.2) is 34.7 Å². The van der Waals surface area contributed by atoms with Crippen LogP contribution in [0, 0.1) is 23.7 Å². The van der Waals surface area contributed by atoms with Crippen LogP contribution in [0.5, 0.6) is 5.75 Å². The number of hydrogen-bond acceptors (Lipinski definition) is 9. The Labute approximate surface area is 205 Å². The van der Waals surface area contributed by atoms with E-state index in [2.05, 4.69) is 10.6 Å². The molecule has 0 aliphatic heterocycles. The van der Waals surface area contributed by atoms with Crippen molar-refractivity contribution in [3.05, 3.63) is 23.3 Å². The van der Waals surface area contributed by atoms with Gasteiger partial charge in [-0.05, 0) is 24.0 Å². The quantitative estimate of drug-likeness (QED) is 0.229. The van der Waals surface area contributed by atoms with Gasteiger partial charge in [-0.15, -0.1) is 0 Å². The number of nitrogens with one attached hydrogen (secondary N) is 2. The van der Waals surface area contributed by atoms with Gasteiger partial charge in [0.05, 0.1) is 23.3 Å². The van der Waals surface area contributed by atoms with Crippen molar-refractivity contribution in [1.82, 2.24) is 5.32 Å². The predicted octanol–water partition coefficient (Wildman–Crippen LogP) is -0.610. The fourth-order valence-corrected chi connectivity index (χ4v) is 5.86. The van der Waals surface area contributed by atoms with Crippen molar-refractivity contribution in [2.45, 2.75) is 44.3 Å². The summed E-state index contributed by atoms with van der Waals surface area (Å²) in [5, 5.41) is 38.3. The third-order valence-electron chi connectivity index (χ3n) is 7.64. The molecule has 12 heteroatoms. The number of primary amides is 1. The zero-order valence-electron chi connectivity index (χ0n) is 19.6. The Balaban J connectivity index is 1.79. The number of anilines is 1. The van der Waals surface area contributed by atoms with E-state index in [-0.39, 0.29) is 11.3 Å². The largest absolute Gasteiger partial charge is 0.505 e. The van der Waals surface area contributed by atoms with E-state index in [1.807, 2.05) is 6.92 Å². The van der Waals surface area contributed by atoms with Gasteiger partial charge in [0.1, 0.15) is 5.75 Å². The highest BCUT2D eigenvalue weighted by atomic mass is 16.3. The molecule has 7 atom stereocenters. The first-order chi connectivity index (χ1) is 16.9. The molecule has 2 fully saturated rings. The third-order valence-corrected chi connectivity index (χ3v) is 7.64. The van der Waals surface area contributed by atoms with Gasteiger partial charge >= 0.3 is 6.03 Å². The van der Waals surface area contributed by atoms with Crippen LogP contribution in [0.25, 0.3) is 0 Å². The summed E-state index contributed by atoms with van der Waals surface area (Å²) in [5.41, 5.74) is 2.08. The fourth-order valence-electron chi connectivity index (χ4n) is 5.86. The van der Waals surface area contributed by atoms with Crippen LogP contribution < -0.4 is 16.4 Å². The van der Waals surface area contributed by atoms with Crippen LogP contribution in [0.4, 0.5) is 10.5 Å². The smallest absolute Gasteiger partial charge is 0.319 e. The Morgan fingerprint density at radius 1 is 1.17 bits per heavy atom. The molecular formula is C24H27N3O9. The molecule has 3 aliphatic rings. The molecule has 2 saturated carbocycles. The van der Waals surface area contributed by atoms with Crippen molar-refractivity contribution in [2.75, 3.05) is 11.9 Å². The highest BCUT2D eigenvalue weighted by Gasteiger charge is 2.69. The van der Waals surface area contributed by atoms with Crippen molar-refractivity contribution >= 4 is 40.8 Å². The van der Waals surface area contributed by atoms with Crippen LogP contribution >= 0.6 is 0 Å². The lowest BCUT2D eigenvalue weighted by atomic mass is 9.50. The van der Waals surface area contributed by atoms with Crippen molar-refractivity contribution in [1.29, 1.82) is 0 Å². The summed E-state index contributed by atoms with van der Waals surface area (Å²) in [5.74, 6) is -13.8. The minimum Gasteiger partial charge on any atom is -0.505 e. The second-order valence-corrected chi connectivity index (χ2v) is 9.61. The van der Waals surface area contributed by atoms with Gasteiger partial charge in [-0.2, -0.15) is 0 Å². The topological polar surface area (TPSA) is 213 Å². The number of fused-ring (bicyclic) bond motifs is 3. The SMILES string of the molecule is CCCNC(=O)Nc1ccc2c(c1O)C(=O)C1C(=O)[C@]3(O)C(=O)C(C(N)=O)C(=O)C[C@@H]3[C@@H](O)[C@@H]1[C@H]2C. The number of aliphatic hydroxyl groups is 2. The Kier molecular flexibility index (Phi) is 6.21. The van der Waals surface area contributed by atoms with E-state index in [4.69, 9.17) is 5.73 Å². The lowest BCUT2D eigenvalue weighted by Gasteiger charge is -2.52. The molecule has 0 saturated heterocycles. The maximum atomic E-state index is 13.6. The number of carbonyl (C=O) groups excluding carboxylic acids is 6. The molecule has 0 spiro atoms. The van der Waals surface area contributed by atoms with E-state index in [0.717, 1.165) is 0 Å². The second-order valence-electron chi connectivity index (χ2n) is 9.61. The predicted molar refractivity (Wildman–Crippen MR) is 122 cm³/mol. The molecule has 1 aromatic rings. The first-order valence-corrected chi connectivity index (χ1v) is 11.6. The van der Waals surface area contributed by atoms with Gasteiger partial charge in [0, 0.05) is 24.8 Å². The summed E-state index contributed by atoms with van der Waals surface area (Å²) in [6.45, 7) is 3.81. The zero-order valence-corrected chi connectivity index (χ0v) is 19.6. The standard InChI is InChI=1S/C24H27N3O9/c1-3-6-26-23(35)27-11-5-4-9-8(2)13-16(19(31)14(9)18(11)30)21(33)24(36)10(17(13)29)7-12(28)15(20(24)32)22(25)34/h4-5,8,10,13,15-17,29-30,36H,3,6-7H2,1-2H3,(H2,25,34)(H2,26,27,35)/t8-,10+,13+,15?,16?,17+,24+/m0/s1. The van der Waals surface area contributed by atoms with Crippen LogP contribution in [0.3, 0.4) is 0 Å². The van der Waals surface area contributed by atoms with E-state index in [9.17, 15) is 44.1 Å². The maximum Gasteiger partial charge on any atom is 0.319 e. The number of amides is 3. The molecule has 1 aromatic carbocycles. The van der Waals surface area contributed by atoms with E-state index >= 15 is 0 Å². The van der Waals surface area contributed by atoms with Gasteiger partial charge in [0.25, 0.3) is 0 Å². The van der Waals surface area contributed by atoms with Gasteiger partial charge in [-0.3, -0.25) is 24.0 Å². The molecule has 36 heavy (non-hydrogen) atoms. The number of rotatable bonds is 4. The first-order valence-electron chi connectivity index (χ1n) is 11.6. The molecule has 192 valence electrons. The van der Waals surface area contributed by atoms with Gasteiger partial charge < -0.3 is 31.7 Å². The number of carbonyl (C=O) groups is 6. The van der Waals surface area contributed by atoms with Crippen LogP contribution in [0.15, 0.2) is 12.1 Å². The Morgan fingerprint density at radius 2 is 1.83 bits per heavy atom. The van der Waals surface area contributed by atoms with Crippen molar-refractivity contribution in [3.63, 3.8) is 0 Å². The summed E-state index contributed by atoms with van der Waals surface area (Å²) >= 11 is 0. The van der Waals surface area contributed by atoms with Crippen LogP contribution in [-0.4, -0.2) is 68.6 Å². The number of Topliss-reactive ketones (excluding diaryl/α,β-unsaturated/α-hetero) is 4. The van der Waals surface area contributed by atoms with Gasteiger partial charge in [0.2, 0.25) is 5.91 Å². The Hall–Kier alpha value is -3.64. The summed E-state index contributed by atoms with van der Waals surface area (Å²) in [4.78, 5) is 76.4. The number of nitrogens with two attached hydrogens (primary N) is 1. The number of aliphatic hydroxyl groups excluding tert-OH is 1. The Morgan fingerprint density at radius 3 is 2.44 bits per heavy atom. The molecule has 7 N–H and O–H groups in total. The fraction of sp³-hybridized carbons (Fsp3) is 0.500. The van der Waals surface area contributed by atoms with E-state index in [1.54, 1.807) is 6.92 Å². The molecular weight excluding hydrogens is 474 g/mol. The molecule has 12 nitrogen and oxygen atoms in total. The summed E-state index contributed by atoms with van der Waals surface area (Å²) < 4.78 is 0. The molecule has 3 aliphatic carbocycles. The lowest BCUT2D eigenvalue weighted by Crippen LogP contribution is -2.72. The molecule has 0 bridgehead atoms. The summed E-state index contributed by atoms with van der Waals surface area (Å²) in [7, 11) is 0. The van der Waals surface area contributed by atoms with Crippen LogP contribution in [0.1, 0.15) is 48.5 Å². The number of phenolic OH excluding ortho intramolecular Hbond substituents is 1. The zero-order chi connectivity index (χ0) is 26.7. The highest BCUT2D eigenvalue weighted by molar-refractivity contribution is 6.31. The average molecular weight is 501 g/mol. The van der Waals surface area contributed by atoms with Gasteiger partial charge in [-0.1, -0.05) is 19.9 Å². The van der Waals surface area contributed by atoms with Crippen molar-refractivity contribution in [2.24, 2.45) is 29.4 Å². The first kappa shape index (κ1) is 25.5. The van der Waals surface area contributed by atoms with Crippen molar-refractivity contribution < 1.29 is 44.1 Å². The van der Waals surface area contributed by atoms with E-state index in [0.29, 0.717) is 18.5 Å². The number of hydrogen-bond donors (Lipinski definition) is 6. The van der Waals surface area contributed by atoms with E-state index in [1.165, 1.54) is 12.1 Å². The molecule has 2 unspecified atom stereocenters. The number of phenols is 1. The minimum atomic E-state index is -2.98. The highest BCUT2D eigenvalue weighted by Crippen LogP contribution is 2.54. The number of urea groups is 1. The number of benzene rings is 1. The second kappa shape index (κ2) is 8.79. The normalized spacial score (nSPS) is 33.3. The van der Waals surface area contributed by atoms with Gasteiger partial charge in [-0.25, -0.2) is 4.79 Å². The Bertz CT molecular complexity index is 1210. The summed E-state index contributed by atoms with van der Waals surface area (Å²) in [6, 6.07) is 2.22. The lowest BCUT2D eigenvalue weighted by molar-refractivity contribution is -0.189. The molecule has 4 rings (SSSR count). The maximum absolute atomic E-state index is 13.6. The average Bonchev–Trinajstić information content (AvgIpc) is 2.81. The van der Waals surface area contributed by atoms with Crippen molar-refractivity contribution in [3.8, 4) is 5.75 Å². The van der Waals surface area contributed by atoms with E-state index < -0.39 is 88.5 Å². The number of ketones is 4.